The molecule has 5 heteroatoms. The molecule has 0 spiro atoms. The summed E-state index contributed by atoms with van der Waals surface area (Å²) in [4.78, 5) is 0. The highest BCUT2D eigenvalue weighted by molar-refractivity contribution is 5.14. The van der Waals surface area contributed by atoms with Crippen LogP contribution >= 0.6 is 0 Å². The van der Waals surface area contributed by atoms with Crippen LogP contribution in [-0.2, 0) is 16.0 Å². The average Bonchev–Trinajstić information content (AvgIpc) is 2.76. The van der Waals surface area contributed by atoms with Crippen LogP contribution in [0.15, 0.2) is 30.3 Å². The van der Waals surface area contributed by atoms with Gasteiger partial charge >= 0.3 is 0 Å². The fourth-order valence-electron chi connectivity index (χ4n) is 2.83. The van der Waals surface area contributed by atoms with E-state index in [1.807, 2.05) is 51.1 Å². The van der Waals surface area contributed by atoms with Crippen LogP contribution in [0, 0.1) is 0 Å². The molecule has 0 aliphatic carbocycles. The van der Waals surface area contributed by atoms with E-state index in [0.29, 0.717) is 13.0 Å². The Labute approximate surface area is 126 Å². The minimum atomic E-state index is -0.737. The molecule has 2 rings (SSSR count). The second kappa shape index (κ2) is 6.85. The summed E-state index contributed by atoms with van der Waals surface area (Å²) in [5, 5.41) is 21.2. The van der Waals surface area contributed by atoms with Crippen molar-refractivity contribution in [3.05, 3.63) is 35.9 Å². The van der Waals surface area contributed by atoms with Crippen molar-refractivity contribution in [2.45, 2.75) is 57.8 Å². The molecular weight excluding hydrogens is 270 g/mol. The van der Waals surface area contributed by atoms with E-state index >= 15 is 0 Å². The van der Waals surface area contributed by atoms with Crippen LogP contribution < -0.4 is 0 Å². The predicted octanol–water partition coefficient (Wildman–Crippen LogP) is 2.17. The molecule has 0 radical (unpaired) electrons. The average molecular weight is 295 g/mol. The van der Waals surface area contributed by atoms with Crippen LogP contribution in [0.2, 0.25) is 0 Å². The van der Waals surface area contributed by atoms with Gasteiger partial charge in [-0.3, -0.25) is 0 Å². The Bertz CT molecular complexity index is 437. The van der Waals surface area contributed by atoms with Gasteiger partial charge in [0.1, 0.15) is 12.2 Å². The first kappa shape index (κ1) is 16.4. The van der Waals surface area contributed by atoms with E-state index in [4.69, 9.17) is 9.47 Å². The molecule has 1 saturated heterocycles. The van der Waals surface area contributed by atoms with Gasteiger partial charge in [0.25, 0.3) is 0 Å². The lowest BCUT2D eigenvalue weighted by molar-refractivity contribution is -0.189. The second-order valence-corrected chi connectivity index (χ2v) is 5.88. The standard InChI is InChI=1S/C16H25NO4/c1-4-13(15-14(11-18)20-16(2,3)21-15)17(19)10-12-8-6-5-7-9-12/h5-9,13-15,18-19H,4,10-11H2,1-3H3/t13-,14+,15-/m0/s1. The van der Waals surface area contributed by atoms with Crippen LogP contribution in [0.25, 0.3) is 0 Å². The Morgan fingerprint density at radius 3 is 2.48 bits per heavy atom. The molecule has 1 fully saturated rings. The van der Waals surface area contributed by atoms with Crippen molar-refractivity contribution in [3.63, 3.8) is 0 Å². The van der Waals surface area contributed by atoms with Crippen molar-refractivity contribution >= 4 is 0 Å². The first-order valence-corrected chi connectivity index (χ1v) is 7.42. The van der Waals surface area contributed by atoms with Crippen molar-refractivity contribution in [1.29, 1.82) is 0 Å². The fourth-order valence-corrected chi connectivity index (χ4v) is 2.83. The van der Waals surface area contributed by atoms with Crippen LogP contribution in [0.5, 0.6) is 0 Å². The van der Waals surface area contributed by atoms with Crippen molar-refractivity contribution in [1.82, 2.24) is 5.06 Å². The first-order valence-electron chi connectivity index (χ1n) is 7.42. The highest BCUT2D eigenvalue weighted by Gasteiger charge is 2.45. The van der Waals surface area contributed by atoms with Gasteiger partial charge < -0.3 is 19.8 Å². The van der Waals surface area contributed by atoms with E-state index in [-0.39, 0.29) is 18.8 Å². The highest BCUT2D eigenvalue weighted by atomic mass is 16.8. The SMILES string of the molecule is CC[C@@H]([C@@H]1OC(C)(C)O[C@@H]1CO)N(O)Cc1ccccc1. The number of hydrogen-bond acceptors (Lipinski definition) is 5. The van der Waals surface area contributed by atoms with Gasteiger partial charge in [-0.15, -0.1) is 0 Å². The lowest BCUT2D eigenvalue weighted by Crippen LogP contribution is -2.46. The Kier molecular flexibility index (Phi) is 5.35. The summed E-state index contributed by atoms with van der Waals surface area (Å²) < 4.78 is 11.6. The maximum atomic E-state index is 10.4. The topological polar surface area (TPSA) is 62.2 Å². The minimum absolute atomic E-state index is 0.121. The van der Waals surface area contributed by atoms with Gasteiger partial charge in [0.15, 0.2) is 5.79 Å². The molecule has 0 saturated carbocycles. The van der Waals surface area contributed by atoms with E-state index < -0.39 is 11.9 Å². The van der Waals surface area contributed by atoms with Gasteiger partial charge in [-0.25, -0.2) is 0 Å². The number of aliphatic hydroxyl groups is 1. The summed E-state index contributed by atoms with van der Waals surface area (Å²) in [5.41, 5.74) is 1.03. The maximum Gasteiger partial charge on any atom is 0.163 e. The quantitative estimate of drug-likeness (QED) is 0.788. The van der Waals surface area contributed by atoms with E-state index in [1.54, 1.807) is 0 Å². The van der Waals surface area contributed by atoms with Gasteiger partial charge in [0, 0.05) is 6.54 Å². The molecule has 0 amide bonds. The van der Waals surface area contributed by atoms with Crippen LogP contribution in [-0.4, -0.2) is 46.0 Å². The zero-order chi connectivity index (χ0) is 15.5. The molecule has 3 atom stereocenters. The molecular formula is C16H25NO4. The van der Waals surface area contributed by atoms with Gasteiger partial charge in [0.05, 0.1) is 12.6 Å². The third-order valence-corrected chi connectivity index (χ3v) is 3.77. The number of benzene rings is 1. The molecule has 1 aliphatic rings. The fraction of sp³-hybridized carbons (Fsp3) is 0.625. The molecule has 0 aromatic heterocycles. The van der Waals surface area contributed by atoms with Crippen molar-refractivity contribution in [2.75, 3.05) is 6.61 Å². The summed E-state index contributed by atoms with van der Waals surface area (Å²) in [6.45, 7) is 5.92. The zero-order valence-corrected chi connectivity index (χ0v) is 12.9. The molecule has 2 N–H and O–H groups in total. The number of ether oxygens (including phenoxy) is 2. The van der Waals surface area contributed by atoms with E-state index in [9.17, 15) is 10.3 Å². The third-order valence-electron chi connectivity index (χ3n) is 3.77. The van der Waals surface area contributed by atoms with Gasteiger partial charge in [-0.05, 0) is 25.8 Å². The van der Waals surface area contributed by atoms with Crippen molar-refractivity contribution < 1.29 is 19.8 Å². The normalized spacial score (nSPS) is 26.2. The summed E-state index contributed by atoms with van der Waals surface area (Å²) >= 11 is 0. The summed E-state index contributed by atoms with van der Waals surface area (Å²) in [6.07, 6.45) is -0.0803. The summed E-state index contributed by atoms with van der Waals surface area (Å²) in [7, 11) is 0. The largest absolute Gasteiger partial charge is 0.394 e. The van der Waals surface area contributed by atoms with Crippen LogP contribution in [0.3, 0.4) is 0 Å². The Morgan fingerprint density at radius 2 is 1.90 bits per heavy atom. The van der Waals surface area contributed by atoms with Gasteiger partial charge in [-0.1, -0.05) is 37.3 Å². The smallest absolute Gasteiger partial charge is 0.163 e. The molecule has 0 unspecified atom stereocenters. The van der Waals surface area contributed by atoms with Crippen molar-refractivity contribution in [2.24, 2.45) is 0 Å². The molecule has 1 aromatic rings. The molecule has 5 nitrogen and oxygen atoms in total. The molecule has 1 aliphatic heterocycles. The molecule has 0 bridgehead atoms. The molecule has 118 valence electrons. The number of hydrogen-bond donors (Lipinski definition) is 2. The van der Waals surface area contributed by atoms with E-state index in [2.05, 4.69) is 0 Å². The van der Waals surface area contributed by atoms with Crippen LogP contribution in [0.4, 0.5) is 0 Å². The molecule has 1 aromatic carbocycles. The van der Waals surface area contributed by atoms with E-state index in [0.717, 1.165) is 5.56 Å². The monoisotopic (exact) mass is 295 g/mol. The second-order valence-electron chi connectivity index (χ2n) is 5.88. The highest BCUT2D eigenvalue weighted by Crippen LogP contribution is 2.32. The van der Waals surface area contributed by atoms with Gasteiger partial charge in [0.2, 0.25) is 0 Å². The molecule has 1 heterocycles. The van der Waals surface area contributed by atoms with Crippen molar-refractivity contribution in [3.8, 4) is 0 Å². The third kappa shape index (κ3) is 4.02. The number of nitrogens with zero attached hydrogens (tertiary/aromatic N) is 1. The Morgan fingerprint density at radius 1 is 1.24 bits per heavy atom. The number of hydroxylamine groups is 2. The maximum absolute atomic E-state index is 10.4. The zero-order valence-electron chi connectivity index (χ0n) is 12.9. The molecule has 21 heavy (non-hydrogen) atoms. The van der Waals surface area contributed by atoms with E-state index in [1.165, 1.54) is 5.06 Å². The summed E-state index contributed by atoms with van der Waals surface area (Å²) in [5.74, 6) is -0.737. The Hall–Kier alpha value is -0.980. The number of rotatable bonds is 6. The number of aliphatic hydroxyl groups excluding tert-OH is 1. The lowest BCUT2D eigenvalue weighted by atomic mass is 10.0. The van der Waals surface area contributed by atoms with Crippen LogP contribution in [0.1, 0.15) is 32.8 Å². The minimum Gasteiger partial charge on any atom is -0.394 e. The first-order chi connectivity index (χ1) is 9.96. The lowest BCUT2D eigenvalue weighted by Gasteiger charge is -2.31. The predicted molar refractivity (Wildman–Crippen MR) is 78.8 cm³/mol. The Balaban J connectivity index is 2.08. The summed E-state index contributed by atoms with van der Waals surface area (Å²) in [6, 6.07) is 9.54. The van der Waals surface area contributed by atoms with Gasteiger partial charge in [-0.2, -0.15) is 5.06 Å².